The first-order valence-electron chi connectivity index (χ1n) is 9.05. The molecule has 1 saturated carbocycles. The number of imide groups is 1. The lowest BCUT2D eigenvalue weighted by Crippen LogP contribution is -2.57. The fourth-order valence-electron chi connectivity index (χ4n) is 3.61. The largest absolute Gasteiger partial charge is 0.349 e. The molecule has 1 heterocycles. The Morgan fingerprint density at radius 2 is 1.86 bits per heavy atom. The highest BCUT2D eigenvalue weighted by Crippen LogP contribution is 2.41. The Hall–Kier alpha value is -3.66. The van der Waals surface area contributed by atoms with E-state index in [4.69, 9.17) is 5.26 Å². The van der Waals surface area contributed by atoms with Crippen LogP contribution in [0.2, 0.25) is 0 Å². The third kappa shape index (κ3) is 3.09. The van der Waals surface area contributed by atoms with Gasteiger partial charge in [0.15, 0.2) is 0 Å². The average molecular weight is 374 g/mol. The molecule has 1 atom stereocenters. The van der Waals surface area contributed by atoms with Gasteiger partial charge in [0.05, 0.1) is 18.2 Å². The Labute approximate surface area is 161 Å². The van der Waals surface area contributed by atoms with E-state index in [2.05, 4.69) is 22.0 Å². The third-order valence-electron chi connectivity index (χ3n) is 5.27. The predicted octanol–water partition coefficient (Wildman–Crippen LogP) is 1.94. The number of carbonyl (C=O) groups excluding carboxylic acids is 3. The van der Waals surface area contributed by atoms with Crippen molar-refractivity contribution < 1.29 is 14.4 Å². The van der Waals surface area contributed by atoms with Crippen molar-refractivity contribution in [3.8, 4) is 17.2 Å². The summed E-state index contributed by atoms with van der Waals surface area (Å²) in [5.41, 5.74) is 1.47. The average Bonchev–Trinajstić information content (AvgIpc) is 3.52. The summed E-state index contributed by atoms with van der Waals surface area (Å²) in [7, 11) is 0. The van der Waals surface area contributed by atoms with Crippen molar-refractivity contribution in [1.29, 1.82) is 5.26 Å². The second-order valence-corrected chi connectivity index (χ2v) is 7.07. The Bertz CT molecular complexity index is 1010. The van der Waals surface area contributed by atoms with E-state index < -0.39 is 11.6 Å². The SMILES string of the molecule is N#Cc1ccc(-c2ccccc2C(=O)NC[C@@]2(C3CC3)NC(=O)NC2=O)cc1. The molecule has 1 aliphatic carbocycles. The number of rotatable bonds is 5. The molecule has 4 amide bonds. The molecule has 2 fully saturated rings. The van der Waals surface area contributed by atoms with Crippen molar-refractivity contribution in [2.75, 3.05) is 6.54 Å². The topological polar surface area (TPSA) is 111 Å². The van der Waals surface area contributed by atoms with Gasteiger partial charge in [-0.05, 0) is 48.1 Å². The fourth-order valence-corrected chi connectivity index (χ4v) is 3.61. The highest BCUT2D eigenvalue weighted by atomic mass is 16.2. The second-order valence-electron chi connectivity index (χ2n) is 7.07. The normalized spacial score (nSPS) is 20.8. The van der Waals surface area contributed by atoms with Crippen LogP contribution in [0.25, 0.3) is 11.1 Å². The maximum Gasteiger partial charge on any atom is 0.322 e. The number of nitriles is 1. The van der Waals surface area contributed by atoms with Crippen LogP contribution in [-0.4, -0.2) is 29.9 Å². The van der Waals surface area contributed by atoms with Gasteiger partial charge in [0.25, 0.3) is 11.8 Å². The molecule has 1 aliphatic heterocycles. The fraction of sp³-hybridized carbons (Fsp3) is 0.238. The van der Waals surface area contributed by atoms with Crippen molar-refractivity contribution in [1.82, 2.24) is 16.0 Å². The van der Waals surface area contributed by atoms with Crippen LogP contribution in [0.3, 0.4) is 0 Å². The summed E-state index contributed by atoms with van der Waals surface area (Å²) in [5.74, 6) is -0.678. The summed E-state index contributed by atoms with van der Waals surface area (Å²) in [4.78, 5) is 36.8. The molecule has 2 aromatic carbocycles. The highest BCUT2D eigenvalue weighted by molar-refractivity contribution is 6.08. The van der Waals surface area contributed by atoms with Crippen molar-refractivity contribution in [2.24, 2.45) is 5.92 Å². The molecular weight excluding hydrogens is 356 g/mol. The van der Waals surface area contributed by atoms with Gasteiger partial charge in [-0.3, -0.25) is 14.9 Å². The highest BCUT2D eigenvalue weighted by Gasteiger charge is 2.56. The van der Waals surface area contributed by atoms with Crippen LogP contribution in [-0.2, 0) is 4.79 Å². The van der Waals surface area contributed by atoms with E-state index in [1.165, 1.54) is 0 Å². The van der Waals surface area contributed by atoms with Gasteiger partial charge in [-0.25, -0.2) is 4.79 Å². The minimum atomic E-state index is -1.07. The van der Waals surface area contributed by atoms with Crippen LogP contribution in [0.1, 0.15) is 28.8 Å². The number of urea groups is 1. The second kappa shape index (κ2) is 6.82. The summed E-state index contributed by atoms with van der Waals surface area (Å²) < 4.78 is 0. The Balaban J connectivity index is 1.56. The van der Waals surface area contributed by atoms with E-state index in [1.54, 1.807) is 36.4 Å². The lowest BCUT2D eigenvalue weighted by atomic mass is 9.92. The molecule has 0 spiro atoms. The quantitative estimate of drug-likeness (QED) is 0.695. The molecule has 2 aliphatic rings. The van der Waals surface area contributed by atoms with Crippen LogP contribution >= 0.6 is 0 Å². The van der Waals surface area contributed by atoms with Gasteiger partial charge in [0.1, 0.15) is 5.54 Å². The lowest BCUT2D eigenvalue weighted by molar-refractivity contribution is -0.124. The molecule has 1 saturated heterocycles. The molecule has 0 radical (unpaired) electrons. The van der Waals surface area contributed by atoms with Crippen molar-refractivity contribution in [2.45, 2.75) is 18.4 Å². The Morgan fingerprint density at radius 3 is 2.46 bits per heavy atom. The standard InChI is InChI=1S/C21H18N4O3/c22-11-13-5-7-14(8-6-13)16-3-1-2-4-17(16)18(26)23-12-21(15-9-10-15)19(27)24-20(28)25-21/h1-8,15H,9-10,12H2,(H,23,26)(H2,24,25,27,28)/t21-/m0/s1. The number of hydrogen-bond donors (Lipinski definition) is 3. The van der Waals surface area contributed by atoms with E-state index in [0.29, 0.717) is 11.1 Å². The zero-order valence-corrected chi connectivity index (χ0v) is 15.0. The molecule has 0 unspecified atom stereocenters. The van der Waals surface area contributed by atoms with E-state index in [1.807, 2.05) is 12.1 Å². The number of nitrogens with one attached hydrogen (secondary N) is 3. The van der Waals surface area contributed by atoms with E-state index in [-0.39, 0.29) is 24.3 Å². The first kappa shape index (κ1) is 17.7. The number of nitrogens with zero attached hydrogens (tertiary/aromatic N) is 1. The van der Waals surface area contributed by atoms with E-state index in [0.717, 1.165) is 24.0 Å². The van der Waals surface area contributed by atoms with Gasteiger partial charge in [-0.1, -0.05) is 30.3 Å². The van der Waals surface area contributed by atoms with Gasteiger partial charge in [-0.2, -0.15) is 5.26 Å². The summed E-state index contributed by atoms with van der Waals surface area (Å²) in [6, 6.07) is 15.7. The zero-order chi connectivity index (χ0) is 19.7. The third-order valence-corrected chi connectivity index (χ3v) is 5.27. The summed E-state index contributed by atoms with van der Waals surface area (Å²) >= 11 is 0. The minimum absolute atomic E-state index is 0.0352. The number of carbonyl (C=O) groups is 3. The van der Waals surface area contributed by atoms with Crippen LogP contribution in [0.4, 0.5) is 4.79 Å². The molecule has 7 nitrogen and oxygen atoms in total. The minimum Gasteiger partial charge on any atom is -0.349 e. The Kier molecular flexibility index (Phi) is 4.32. The number of hydrogen-bond acceptors (Lipinski definition) is 4. The zero-order valence-electron chi connectivity index (χ0n) is 15.0. The van der Waals surface area contributed by atoms with Gasteiger partial charge in [0, 0.05) is 5.56 Å². The van der Waals surface area contributed by atoms with Crippen molar-refractivity contribution >= 4 is 17.8 Å². The first-order valence-corrected chi connectivity index (χ1v) is 9.05. The van der Waals surface area contributed by atoms with E-state index in [9.17, 15) is 14.4 Å². The first-order chi connectivity index (χ1) is 13.5. The van der Waals surface area contributed by atoms with Gasteiger partial charge in [-0.15, -0.1) is 0 Å². The van der Waals surface area contributed by atoms with Crippen LogP contribution in [0.15, 0.2) is 48.5 Å². The summed E-state index contributed by atoms with van der Waals surface area (Å²) in [6.07, 6.45) is 1.68. The van der Waals surface area contributed by atoms with Gasteiger partial charge >= 0.3 is 6.03 Å². The molecule has 0 aromatic heterocycles. The lowest BCUT2D eigenvalue weighted by Gasteiger charge is -2.26. The molecule has 2 aromatic rings. The molecule has 7 heteroatoms. The van der Waals surface area contributed by atoms with Crippen LogP contribution in [0.5, 0.6) is 0 Å². The van der Waals surface area contributed by atoms with Gasteiger partial charge < -0.3 is 10.6 Å². The molecule has 4 rings (SSSR count). The summed E-state index contributed by atoms with van der Waals surface area (Å²) in [6.45, 7) is 0.0375. The number of amides is 4. The Morgan fingerprint density at radius 1 is 1.14 bits per heavy atom. The maximum absolute atomic E-state index is 12.9. The molecule has 0 bridgehead atoms. The monoisotopic (exact) mass is 374 g/mol. The van der Waals surface area contributed by atoms with Gasteiger partial charge in [0.2, 0.25) is 0 Å². The van der Waals surface area contributed by atoms with Crippen molar-refractivity contribution in [3.05, 3.63) is 59.7 Å². The van der Waals surface area contributed by atoms with Crippen LogP contribution in [0, 0.1) is 17.2 Å². The maximum atomic E-state index is 12.9. The predicted molar refractivity (Wildman–Crippen MR) is 101 cm³/mol. The summed E-state index contributed by atoms with van der Waals surface area (Å²) in [5, 5.41) is 16.7. The molecule has 140 valence electrons. The smallest absolute Gasteiger partial charge is 0.322 e. The van der Waals surface area contributed by atoms with E-state index >= 15 is 0 Å². The molecule has 28 heavy (non-hydrogen) atoms. The van der Waals surface area contributed by atoms with Crippen LogP contribution < -0.4 is 16.0 Å². The molecule has 3 N–H and O–H groups in total. The number of benzene rings is 2. The molecular formula is C21H18N4O3. The van der Waals surface area contributed by atoms with Crippen molar-refractivity contribution in [3.63, 3.8) is 0 Å².